The van der Waals surface area contributed by atoms with Crippen LogP contribution in [0.4, 0.5) is 0 Å². The van der Waals surface area contributed by atoms with E-state index in [1.165, 1.54) is 18.2 Å². The highest BCUT2D eigenvalue weighted by Crippen LogP contribution is 2.11. The van der Waals surface area contributed by atoms with Crippen molar-refractivity contribution < 1.29 is 8.42 Å². The highest BCUT2D eigenvalue weighted by molar-refractivity contribution is 7.89. The molecule has 3 N–H and O–H groups in total. The van der Waals surface area contributed by atoms with E-state index in [2.05, 4.69) is 45.5 Å². The summed E-state index contributed by atoms with van der Waals surface area (Å²) in [7, 11) is -2.01. The molecule has 0 unspecified atom stereocenters. The number of aryl methyl sites for hydroxylation is 1. The van der Waals surface area contributed by atoms with Gasteiger partial charge >= 0.3 is 0 Å². The van der Waals surface area contributed by atoms with Crippen molar-refractivity contribution >= 4 is 16.0 Å². The van der Waals surface area contributed by atoms with Gasteiger partial charge in [0.2, 0.25) is 10.0 Å². The Morgan fingerprint density at radius 1 is 0.963 bits per heavy atom. The zero-order chi connectivity index (χ0) is 19.7. The third-order valence-corrected chi connectivity index (χ3v) is 5.64. The van der Waals surface area contributed by atoms with Gasteiger partial charge in [-0.15, -0.1) is 0 Å². The second kappa shape index (κ2) is 10.1. The molecular weight excluding hydrogens is 360 g/mol. The second-order valence-corrected chi connectivity index (χ2v) is 7.91. The van der Waals surface area contributed by atoms with Gasteiger partial charge in [-0.2, -0.15) is 0 Å². The van der Waals surface area contributed by atoms with Crippen LogP contribution in [0.1, 0.15) is 30.5 Å². The van der Waals surface area contributed by atoms with Gasteiger partial charge in [0.15, 0.2) is 5.96 Å². The number of nitrogens with zero attached hydrogens (tertiary/aromatic N) is 1. The summed E-state index contributed by atoms with van der Waals surface area (Å²) < 4.78 is 25.9. The molecule has 0 amide bonds. The van der Waals surface area contributed by atoms with Gasteiger partial charge in [-0.05, 0) is 49.2 Å². The summed E-state index contributed by atoms with van der Waals surface area (Å²) in [6.45, 7) is 6.10. The molecule has 2 aromatic rings. The van der Waals surface area contributed by atoms with E-state index in [1.54, 1.807) is 24.3 Å². The van der Waals surface area contributed by atoms with Crippen LogP contribution in [0, 0.1) is 0 Å². The van der Waals surface area contributed by atoms with Crippen LogP contribution in [0.5, 0.6) is 0 Å². The molecule has 0 aromatic heterocycles. The predicted molar refractivity (Wildman–Crippen MR) is 110 cm³/mol. The molecule has 6 nitrogen and oxygen atoms in total. The fourth-order valence-corrected chi connectivity index (χ4v) is 3.39. The third kappa shape index (κ3) is 6.08. The van der Waals surface area contributed by atoms with Crippen molar-refractivity contribution in [1.82, 2.24) is 15.4 Å². The number of guanidine groups is 1. The average molecular weight is 389 g/mol. The van der Waals surface area contributed by atoms with Crippen molar-refractivity contribution in [1.29, 1.82) is 0 Å². The van der Waals surface area contributed by atoms with Crippen LogP contribution in [-0.2, 0) is 29.5 Å². The molecule has 0 fully saturated rings. The molecule has 0 saturated heterocycles. The van der Waals surface area contributed by atoms with Crippen molar-refractivity contribution in [2.75, 3.05) is 13.6 Å². The first-order chi connectivity index (χ1) is 13.0. The molecule has 146 valence electrons. The van der Waals surface area contributed by atoms with Crippen LogP contribution < -0.4 is 15.4 Å². The molecule has 2 aromatic carbocycles. The van der Waals surface area contributed by atoms with Crippen LogP contribution in [0.3, 0.4) is 0 Å². The molecule has 27 heavy (non-hydrogen) atoms. The maximum absolute atomic E-state index is 11.8. The molecule has 7 heteroatoms. The topological polar surface area (TPSA) is 82.6 Å². The Morgan fingerprint density at radius 2 is 1.63 bits per heavy atom. The highest BCUT2D eigenvalue weighted by Gasteiger charge is 2.10. The molecule has 0 aliphatic carbocycles. The molecule has 0 spiro atoms. The highest BCUT2D eigenvalue weighted by atomic mass is 32.2. The Bertz CT molecular complexity index is 862. The monoisotopic (exact) mass is 388 g/mol. The van der Waals surface area contributed by atoms with Gasteiger partial charge in [0.1, 0.15) is 0 Å². The zero-order valence-electron chi connectivity index (χ0n) is 16.1. The number of benzene rings is 2. The Morgan fingerprint density at radius 3 is 2.22 bits per heavy atom. The molecule has 2 rings (SSSR count). The Kier molecular flexibility index (Phi) is 7.82. The quantitative estimate of drug-likeness (QED) is 0.479. The number of sulfonamides is 1. The summed E-state index contributed by atoms with van der Waals surface area (Å²) in [5.41, 5.74) is 3.52. The van der Waals surface area contributed by atoms with Gasteiger partial charge in [-0.1, -0.05) is 43.3 Å². The van der Waals surface area contributed by atoms with E-state index in [4.69, 9.17) is 0 Å². The van der Waals surface area contributed by atoms with E-state index in [1.807, 2.05) is 13.0 Å². The maximum Gasteiger partial charge on any atom is 0.240 e. The van der Waals surface area contributed by atoms with E-state index >= 15 is 0 Å². The maximum atomic E-state index is 11.8. The third-order valence-electron chi connectivity index (χ3n) is 4.21. The standard InChI is InChI=1S/C20H28N4O2S/c1-4-17-8-6-7-9-18(17)15-24-20(22-5-2)23-14-16-10-12-19(13-11-16)27(25,26)21-3/h6-13,21H,4-5,14-15H2,1-3H3,(H2,22,23,24). The number of hydrogen-bond acceptors (Lipinski definition) is 3. The van der Waals surface area contributed by atoms with E-state index in [0.29, 0.717) is 13.1 Å². The molecule has 0 bridgehead atoms. The smallest absolute Gasteiger partial charge is 0.240 e. The Labute approximate surface area is 162 Å². The van der Waals surface area contributed by atoms with Crippen LogP contribution in [0.2, 0.25) is 0 Å². The van der Waals surface area contributed by atoms with Crippen molar-refractivity contribution in [2.24, 2.45) is 4.99 Å². The number of hydrogen-bond donors (Lipinski definition) is 3. The fraction of sp³-hybridized carbons (Fsp3) is 0.350. The summed E-state index contributed by atoms with van der Waals surface area (Å²) in [4.78, 5) is 4.84. The minimum absolute atomic E-state index is 0.249. The lowest BCUT2D eigenvalue weighted by Crippen LogP contribution is -2.37. The van der Waals surface area contributed by atoms with Crippen LogP contribution in [-0.4, -0.2) is 28.0 Å². The van der Waals surface area contributed by atoms with E-state index in [-0.39, 0.29) is 4.90 Å². The van der Waals surface area contributed by atoms with Gasteiger partial charge in [-0.3, -0.25) is 0 Å². The molecule has 0 radical (unpaired) electrons. The molecule has 0 heterocycles. The van der Waals surface area contributed by atoms with Crippen molar-refractivity contribution in [3.05, 3.63) is 65.2 Å². The summed E-state index contributed by atoms with van der Waals surface area (Å²) in [6, 6.07) is 15.1. The Hall–Kier alpha value is -2.38. The number of nitrogens with one attached hydrogen (secondary N) is 3. The van der Waals surface area contributed by atoms with Gasteiger partial charge in [0, 0.05) is 13.1 Å². The van der Waals surface area contributed by atoms with E-state index < -0.39 is 10.0 Å². The number of aliphatic imine (C=N–C) groups is 1. The SMILES string of the molecule is CCNC(=NCc1ccc(S(=O)(=O)NC)cc1)NCc1ccccc1CC. The molecule has 0 saturated carbocycles. The molecular formula is C20H28N4O2S. The summed E-state index contributed by atoms with van der Waals surface area (Å²) in [6.07, 6.45) is 0.993. The minimum Gasteiger partial charge on any atom is -0.357 e. The van der Waals surface area contributed by atoms with Crippen molar-refractivity contribution in [3.63, 3.8) is 0 Å². The lowest BCUT2D eigenvalue weighted by Gasteiger charge is -2.13. The lowest BCUT2D eigenvalue weighted by molar-refractivity contribution is 0.588. The largest absolute Gasteiger partial charge is 0.357 e. The van der Waals surface area contributed by atoms with Crippen molar-refractivity contribution in [2.45, 2.75) is 38.3 Å². The minimum atomic E-state index is -3.41. The molecule has 0 aliphatic heterocycles. The van der Waals surface area contributed by atoms with Gasteiger partial charge in [0.05, 0.1) is 11.4 Å². The van der Waals surface area contributed by atoms with Gasteiger partial charge in [-0.25, -0.2) is 18.1 Å². The second-order valence-electron chi connectivity index (χ2n) is 6.02. The predicted octanol–water partition coefficient (Wildman–Crippen LogP) is 2.41. The average Bonchev–Trinajstić information content (AvgIpc) is 2.70. The van der Waals surface area contributed by atoms with E-state index in [9.17, 15) is 8.42 Å². The molecule has 0 atom stereocenters. The lowest BCUT2D eigenvalue weighted by atomic mass is 10.1. The van der Waals surface area contributed by atoms with Gasteiger partial charge < -0.3 is 10.6 Å². The zero-order valence-corrected chi connectivity index (χ0v) is 16.9. The Balaban J connectivity index is 2.04. The summed E-state index contributed by atoms with van der Waals surface area (Å²) in [5, 5.41) is 6.60. The van der Waals surface area contributed by atoms with Gasteiger partial charge in [0.25, 0.3) is 0 Å². The van der Waals surface area contributed by atoms with E-state index in [0.717, 1.165) is 24.5 Å². The fourth-order valence-electron chi connectivity index (χ4n) is 2.66. The number of rotatable bonds is 8. The first kappa shape index (κ1) is 20.9. The van der Waals surface area contributed by atoms with Crippen LogP contribution >= 0.6 is 0 Å². The first-order valence-electron chi connectivity index (χ1n) is 9.11. The van der Waals surface area contributed by atoms with Crippen LogP contribution in [0.15, 0.2) is 58.4 Å². The normalized spacial score (nSPS) is 12.0. The van der Waals surface area contributed by atoms with Crippen LogP contribution in [0.25, 0.3) is 0 Å². The molecule has 0 aliphatic rings. The summed E-state index contributed by atoms with van der Waals surface area (Å²) in [5.74, 6) is 0.732. The summed E-state index contributed by atoms with van der Waals surface area (Å²) >= 11 is 0. The first-order valence-corrected chi connectivity index (χ1v) is 10.6. The van der Waals surface area contributed by atoms with Crippen molar-refractivity contribution in [3.8, 4) is 0 Å².